The Kier molecular flexibility index (Phi) is 2.56. The van der Waals surface area contributed by atoms with E-state index in [0.717, 1.165) is 16.8 Å². The van der Waals surface area contributed by atoms with Gasteiger partial charge in [-0.05, 0) is 46.1 Å². The van der Waals surface area contributed by atoms with Gasteiger partial charge in [-0.1, -0.05) is 6.07 Å². The second-order valence-electron chi connectivity index (χ2n) is 6.15. The molecule has 1 aliphatic rings. The van der Waals surface area contributed by atoms with E-state index in [4.69, 9.17) is 9.31 Å². The number of fused-ring (bicyclic) bond motifs is 1. The lowest BCUT2D eigenvalue weighted by molar-refractivity contribution is 0.00578. The Balaban J connectivity index is 2.00. The van der Waals surface area contributed by atoms with E-state index >= 15 is 0 Å². The number of nitrogens with zero attached hydrogens (tertiary/aromatic N) is 2. The molecule has 5 heteroatoms. The molecular weight excluding hydrogens is 239 g/mol. The van der Waals surface area contributed by atoms with Gasteiger partial charge < -0.3 is 13.7 Å². The Morgan fingerprint density at radius 1 is 1.11 bits per heavy atom. The van der Waals surface area contributed by atoms with Crippen LogP contribution < -0.4 is 5.46 Å². The average molecular weight is 258 g/mol. The average Bonchev–Trinajstić information content (AvgIpc) is 2.78. The molecule has 3 heterocycles. The molecule has 0 bridgehead atoms. The van der Waals surface area contributed by atoms with Crippen molar-refractivity contribution in [1.82, 2.24) is 9.38 Å². The summed E-state index contributed by atoms with van der Waals surface area (Å²) in [7, 11) is -0.323. The van der Waals surface area contributed by atoms with Gasteiger partial charge >= 0.3 is 7.12 Å². The van der Waals surface area contributed by atoms with Gasteiger partial charge in [0, 0.05) is 6.20 Å². The lowest BCUT2D eigenvalue weighted by atomic mass is 9.80. The summed E-state index contributed by atoms with van der Waals surface area (Å²) in [6.07, 6.45) is 3.91. The van der Waals surface area contributed by atoms with E-state index in [1.807, 2.05) is 31.5 Å². The molecule has 0 spiro atoms. The van der Waals surface area contributed by atoms with E-state index in [1.54, 1.807) is 0 Å². The molecule has 1 saturated heterocycles. The maximum absolute atomic E-state index is 6.06. The minimum atomic E-state index is -0.323. The fourth-order valence-electron chi connectivity index (χ4n) is 2.25. The second-order valence-corrected chi connectivity index (χ2v) is 6.15. The molecule has 1 aliphatic heterocycles. The minimum Gasteiger partial charge on any atom is -0.399 e. The van der Waals surface area contributed by atoms with Crippen molar-refractivity contribution in [3.63, 3.8) is 0 Å². The van der Waals surface area contributed by atoms with Crippen LogP contribution in [0.25, 0.3) is 5.52 Å². The standard InChI is InChI=1S/C14H19BN2O2/c1-10-16-8-12-7-6-11(9-17(10)12)15-18-13(2,3)14(4,5)19-15/h6-9H,1-5H3. The van der Waals surface area contributed by atoms with E-state index in [1.165, 1.54) is 0 Å². The first-order valence-electron chi connectivity index (χ1n) is 6.59. The molecule has 19 heavy (non-hydrogen) atoms. The number of pyridine rings is 1. The minimum absolute atomic E-state index is 0.309. The third-order valence-corrected chi connectivity index (χ3v) is 4.26. The quantitative estimate of drug-likeness (QED) is 0.733. The molecule has 0 radical (unpaired) electrons. The van der Waals surface area contributed by atoms with Crippen LogP contribution in [0.15, 0.2) is 24.5 Å². The van der Waals surface area contributed by atoms with E-state index in [0.29, 0.717) is 0 Å². The van der Waals surface area contributed by atoms with Crippen molar-refractivity contribution in [1.29, 1.82) is 0 Å². The van der Waals surface area contributed by atoms with Crippen molar-refractivity contribution in [3.05, 3.63) is 30.4 Å². The van der Waals surface area contributed by atoms with Gasteiger partial charge in [-0.15, -0.1) is 0 Å². The van der Waals surface area contributed by atoms with Gasteiger partial charge in [-0.3, -0.25) is 0 Å². The first-order valence-corrected chi connectivity index (χ1v) is 6.59. The largest absolute Gasteiger partial charge is 0.496 e. The van der Waals surface area contributed by atoms with Gasteiger partial charge in [0.25, 0.3) is 0 Å². The summed E-state index contributed by atoms with van der Waals surface area (Å²) >= 11 is 0. The molecule has 0 aromatic carbocycles. The molecule has 0 saturated carbocycles. The molecule has 0 unspecified atom stereocenters. The van der Waals surface area contributed by atoms with Gasteiger partial charge in [0.15, 0.2) is 0 Å². The van der Waals surface area contributed by atoms with E-state index in [2.05, 4.69) is 37.1 Å². The summed E-state index contributed by atoms with van der Waals surface area (Å²) < 4.78 is 14.2. The Hall–Kier alpha value is -1.33. The highest BCUT2D eigenvalue weighted by Gasteiger charge is 2.51. The fraction of sp³-hybridized carbons (Fsp3) is 0.500. The number of imidazole rings is 1. The number of aryl methyl sites for hydroxylation is 1. The van der Waals surface area contributed by atoms with Crippen molar-refractivity contribution >= 4 is 18.1 Å². The van der Waals surface area contributed by atoms with Crippen LogP contribution in [0.1, 0.15) is 33.5 Å². The maximum atomic E-state index is 6.06. The predicted molar refractivity (Wildman–Crippen MR) is 75.6 cm³/mol. The van der Waals surface area contributed by atoms with Crippen LogP contribution in [0.3, 0.4) is 0 Å². The number of hydrogen-bond donors (Lipinski definition) is 0. The van der Waals surface area contributed by atoms with Crippen LogP contribution in [-0.2, 0) is 9.31 Å². The van der Waals surface area contributed by atoms with Crippen molar-refractivity contribution < 1.29 is 9.31 Å². The molecule has 1 fully saturated rings. The highest BCUT2D eigenvalue weighted by atomic mass is 16.7. The second kappa shape index (κ2) is 3.84. The van der Waals surface area contributed by atoms with Crippen molar-refractivity contribution in [3.8, 4) is 0 Å². The molecule has 100 valence electrons. The Bertz CT molecular complexity index is 617. The molecule has 2 aromatic heterocycles. The molecular formula is C14H19BN2O2. The van der Waals surface area contributed by atoms with Gasteiger partial charge in [0.2, 0.25) is 0 Å². The number of rotatable bonds is 1. The van der Waals surface area contributed by atoms with E-state index in [9.17, 15) is 0 Å². The number of hydrogen-bond acceptors (Lipinski definition) is 3. The van der Waals surface area contributed by atoms with Crippen molar-refractivity contribution in [2.75, 3.05) is 0 Å². The van der Waals surface area contributed by atoms with Crippen LogP contribution in [0.2, 0.25) is 0 Å². The monoisotopic (exact) mass is 258 g/mol. The summed E-state index contributed by atoms with van der Waals surface area (Å²) in [5.41, 5.74) is 1.48. The molecule has 3 rings (SSSR count). The zero-order chi connectivity index (χ0) is 13.8. The van der Waals surface area contributed by atoms with Crippen LogP contribution in [0.5, 0.6) is 0 Å². The van der Waals surface area contributed by atoms with Crippen LogP contribution in [0.4, 0.5) is 0 Å². The molecule has 0 aliphatic carbocycles. The summed E-state index contributed by atoms with van der Waals surface area (Å²) in [6, 6.07) is 4.08. The fourth-order valence-corrected chi connectivity index (χ4v) is 2.25. The van der Waals surface area contributed by atoms with Gasteiger partial charge in [-0.25, -0.2) is 4.98 Å². The first-order chi connectivity index (χ1) is 8.80. The molecule has 0 amide bonds. The Labute approximate surface area is 113 Å². The normalized spacial score (nSPS) is 21.2. The third-order valence-electron chi connectivity index (χ3n) is 4.26. The lowest BCUT2D eigenvalue weighted by Gasteiger charge is -2.32. The molecule has 2 aromatic rings. The van der Waals surface area contributed by atoms with Gasteiger partial charge in [0.1, 0.15) is 5.82 Å². The van der Waals surface area contributed by atoms with Crippen molar-refractivity contribution in [2.24, 2.45) is 0 Å². The lowest BCUT2D eigenvalue weighted by Crippen LogP contribution is -2.41. The molecule has 4 nitrogen and oxygen atoms in total. The maximum Gasteiger partial charge on any atom is 0.496 e. The molecule has 0 N–H and O–H groups in total. The molecule has 0 atom stereocenters. The van der Waals surface area contributed by atoms with Crippen molar-refractivity contribution in [2.45, 2.75) is 45.8 Å². The SMILES string of the molecule is Cc1ncc2ccc(B3OC(C)(C)C(C)(C)O3)cn12. The zero-order valence-electron chi connectivity index (χ0n) is 12.1. The smallest absolute Gasteiger partial charge is 0.399 e. The van der Waals surface area contributed by atoms with Crippen LogP contribution >= 0.6 is 0 Å². The predicted octanol–water partition coefficient (Wildman–Crippen LogP) is 1.94. The Morgan fingerprint density at radius 2 is 1.74 bits per heavy atom. The summed E-state index contributed by atoms with van der Waals surface area (Å²) in [5, 5.41) is 0. The Morgan fingerprint density at radius 3 is 2.37 bits per heavy atom. The highest BCUT2D eigenvalue weighted by Crippen LogP contribution is 2.36. The highest BCUT2D eigenvalue weighted by molar-refractivity contribution is 6.62. The summed E-state index contributed by atoms with van der Waals surface area (Å²) in [5.74, 6) is 0.966. The third kappa shape index (κ3) is 1.88. The van der Waals surface area contributed by atoms with Crippen LogP contribution in [0, 0.1) is 6.92 Å². The summed E-state index contributed by atoms with van der Waals surface area (Å²) in [4.78, 5) is 4.30. The van der Waals surface area contributed by atoms with E-state index < -0.39 is 0 Å². The van der Waals surface area contributed by atoms with Crippen LogP contribution in [-0.4, -0.2) is 27.7 Å². The van der Waals surface area contributed by atoms with Gasteiger partial charge in [0.05, 0.1) is 22.9 Å². The summed E-state index contributed by atoms with van der Waals surface area (Å²) in [6.45, 7) is 10.2. The first kappa shape index (κ1) is 12.7. The zero-order valence-corrected chi connectivity index (χ0v) is 12.1. The van der Waals surface area contributed by atoms with E-state index in [-0.39, 0.29) is 18.3 Å². The van der Waals surface area contributed by atoms with Gasteiger partial charge in [-0.2, -0.15) is 0 Å². The number of aromatic nitrogens is 2. The topological polar surface area (TPSA) is 35.8 Å².